The van der Waals surface area contributed by atoms with Gasteiger partial charge < -0.3 is 10.1 Å². The highest BCUT2D eigenvalue weighted by Crippen LogP contribution is 2.30. The van der Waals surface area contributed by atoms with Crippen LogP contribution in [-0.4, -0.2) is 24.0 Å². The highest BCUT2D eigenvalue weighted by atomic mass is 19.1. The molecule has 1 heterocycles. The molecule has 0 bridgehead atoms. The van der Waals surface area contributed by atoms with Crippen LogP contribution in [0.3, 0.4) is 0 Å². The molecule has 0 radical (unpaired) electrons. The monoisotopic (exact) mass is 210 g/mol. The van der Waals surface area contributed by atoms with E-state index in [2.05, 4.69) is 10.3 Å². The molecule has 1 saturated carbocycles. The molecule has 0 aliphatic heterocycles. The number of pyridine rings is 1. The predicted octanol–water partition coefficient (Wildman–Crippen LogP) is 1.12. The maximum atomic E-state index is 13.4. The molecule has 0 atom stereocenters. The summed E-state index contributed by atoms with van der Waals surface area (Å²) >= 11 is 0. The molecule has 1 N–H and O–H groups in total. The maximum Gasteiger partial charge on any atom is 0.273 e. The second-order valence-electron chi connectivity index (χ2n) is 3.37. The van der Waals surface area contributed by atoms with Gasteiger partial charge in [0.05, 0.1) is 6.10 Å². The van der Waals surface area contributed by atoms with Crippen molar-refractivity contribution in [1.29, 1.82) is 0 Å². The van der Waals surface area contributed by atoms with Crippen molar-refractivity contribution in [1.82, 2.24) is 10.3 Å². The zero-order chi connectivity index (χ0) is 10.8. The molecule has 0 aromatic carbocycles. The summed E-state index contributed by atoms with van der Waals surface area (Å²) in [4.78, 5) is 15.2. The molecule has 1 amide bonds. The molecule has 15 heavy (non-hydrogen) atoms. The number of hydrogen-bond acceptors (Lipinski definition) is 3. The lowest BCUT2D eigenvalue weighted by Crippen LogP contribution is -2.21. The Morgan fingerprint density at radius 2 is 2.40 bits per heavy atom. The first kappa shape index (κ1) is 9.89. The lowest BCUT2D eigenvalue weighted by atomic mass is 10.3. The van der Waals surface area contributed by atoms with Crippen LogP contribution in [0, 0.1) is 5.82 Å². The van der Waals surface area contributed by atoms with Crippen molar-refractivity contribution in [3.05, 3.63) is 23.8 Å². The first-order chi connectivity index (χ1) is 7.22. The fraction of sp³-hybridized carbons (Fsp3) is 0.400. The molecule has 2 rings (SSSR count). The summed E-state index contributed by atoms with van der Waals surface area (Å²) in [5, 5.41) is 2.39. The molecule has 1 aromatic heterocycles. The number of ether oxygens (including phenoxy) is 1. The van der Waals surface area contributed by atoms with Gasteiger partial charge in [-0.1, -0.05) is 0 Å². The van der Waals surface area contributed by atoms with Crippen LogP contribution in [-0.2, 0) is 0 Å². The number of nitrogens with zero attached hydrogens (tertiary/aromatic N) is 1. The van der Waals surface area contributed by atoms with Crippen LogP contribution in [0.1, 0.15) is 23.3 Å². The molecule has 1 aromatic rings. The molecule has 1 fully saturated rings. The summed E-state index contributed by atoms with van der Waals surface area (Å²) in [6, 6.07) is 1.18. The lowest BCUT2D eigenvalue weighted by molar-refractivity contribution is 0.0952. The number of carbonyl (C=O) groups is 1. The van der Waals surface area contributed by atoms with Gasteiger partial charge in [-0.15, -0.1) is 0 Å². The summed E-state index contributed by atoms with van der Waals surface area (Å²) < 4.78 is 18.7. The van der Waals surface area contributed by atoms with Crippen LogP contribution < -0.4 is 10.1 Å². The van der Waals surface area contributed by atoms with Gasteiger partial charge in [-0.25, -0.2) is 9.37 Å². The number of carbonyl (C=O) groups excluding carboxylic acids is 1. The molecular formula is C10H11FN2O2. The molecule has 1 aliphatic rings. The van der Waals surface area contributed by atoms with Gasteiger partial charge in [0, 0.05) is 13.2 Å². The SMILES string of the molecule is CNC(=O)c1nccc(F)c1OC1CC1. The van der Waals surface area contributed by atoms with Crippen LogP contribution >= 0.6 is 0 Å². The number of halogens is 1. The summed E-state index contributed by atoms with van der Waals surface area (Å²) in [6.07, 6.45) is 3.09. The van der Waals surface area contributed by atoms with Gasteiger partial charge in [0.2, 0.25) is 0 Å². The van der Waals surface area contributed by atoms with Crippen LogP contribution in [0.25, 0.3) is 0 Å². The third-order valence-electron chi connectivity index (χ3n) is 2.11. The smallest absolute Gasteiger partial charge is 0.273 e. The minimum Gasteiger partial charge on any atom is -0.485 e. The van der Waals surface area contributed by atoms with Gasteiger partial charge >= 0.3 is 0 Å². The zero-order valence-corrected chi connectivity index (χ0v) is 8.29. The van der Waals surface area contributed by atoms with Gasteiger partial charge in [-0.2, -0.15) is 0 Å². The van der Waals surface area contributed by atoms with Gasteiger partial charge in [0.15, 0.2) is 17.3 Å². The van der Waals surface area contributed by atoms with Crippen LogP contribution in [0.2, 0.25) is 0 Å². The van der Waals surface area contributed by atoms with E-state index in [1.165, 1.54) is 19.3 Å². The molecule has 1 aliphatic carbocycles. The van der Waals surface area contributed by atoms with Gasteiger partial charge in [-0.05, 0) is 18.9 Å². The average Bonchev–Trinajstić information content (AvgIpc) is 3.04. The van der Waals surface area contributed by atoms with Gasteiger partial charge in [0.25, 0.3) is 5.91 Å². The number of rotatable bonds is 3. The van der Waals surface area contributed by atoms with E-state index in [-0.39, 0.29) is 17.5 Å². The number of aromatic nitrogens is 1. The molecule has 0 unspecified atom stereocenters. The summed E-state index contributed by atoms with van der Waals surface area (Å²) in [5.41, 5.74) is 0.00407. The fourth-order valence-corrected chi connectivity index (χ4v) is 1.17. The quantitative estimate of drug-likeness (QED) is 0.813. The Bertz CT molecular complexity index is 391. The second kappa shape index (κ2) is 3.84. The van der Waals surface area contributed by atoms with Crippen molar-refractivity contribution in [3.8, 4) is 5.75 Å². The second-order valence-corrected chi connectivity index (χ2v) is 3.37. The topological polar surface area (TPSA) is 51.2 Å². The van der Waals surface area contributed by atoms with E-state index in [1.807, 2.05) is 0 Å². The number of nitrogens with one attached hydrogen (secondary N) is 1. The van der Waals surface area contributed by atoms with Crippen molar-refractivity contribution in [2.45, 2.75) is 18.9 Å². The Hall–Kier alpha value is -1.65. The Morgan fingerprint density at radius 1 is 1.67 bits per heavy atom. The van der Waals surface area contributed by atoms with E-state index in [4.69, 9.17) is 4.74 Å². The first-order valence-corrected chi connectivity index (χ1v) is 4.75. The van der Waals surface area contributed by atoms with Crippen molar-refractivity contribution in [2.24, 2.45) is 0 Å². The molecular weight excluding hydrogens is 199 g/mol. The Kier molecular flexibility index (Phi) is 2.53. The first-order valence-electron chi connectivity index (χ1n) is 4.75. The Labute approximate surface area is 86.5 Å². The fourth-order valence-electron chi connectivity index (χ4n) is 1.17. The molecule has 0 saturated heterocycles. The van der Waals surface area contributed by atoms with Crippen molar-refractivity contribution in [3.63, 3.8) is 0 Å². The highest BCUT2D eigenvalue weighted by Gasteiger charge is 2.28. The van der Waals surface area contributed by atoms with E-state index in [0.29, 0.717) is 0 Å². The number of amides is 1. The largest absolute Gasteiger partial charge is 0.485 e. The molecule has 0 spiro atoms. The Morgan fingerprint density at radius 3 is 3.00 bits per heavy atom. The zero-order valence-electron chi connectivity index (χ0n) is 8.29. The van der Waals surface area contributed by atoms with E-state index in [9.17, 15) is 9.18 Å². The lowest BCUT2D eigenvalue weighted by Gasteiger charge is -2.09. The molecule has 80 valence electrons. The average molecular weight is 210 g/mol. The summed E-state index contributed by atoms with van der Waals surface area (Å²) in [5.74, 6) is -1.03. The standard InChI is InChI=1S/C10H11FN2O2/c1-12-10(14)8-9(15-6-2-3-6)7(11)4-5-13-8/h4-6H,2-3H2,1H3,(H,12,14). The Balaban J connectivity index is 2.33. The minimum absolute atomic E-state index is 0.00407. The van der Waals surface area contributed by atoms with Crippen LogP contribution in [0.4, 0.5) is 4.39 Å². The van der Waals surface area contributed by atoms with Crippen LogP contribution in [0.15, 0.2) is 12.3 Å². The third-order valence-corrected chi connectivity index (χ3v) is 2.11. The number of hydrogen-bond donors (Lipinski definition) is 1. The van der Waals surface area contributed by atoms with Gasteiger partial charge in [0.1, 0.15) is 0 Å². The molecule has 4 nitrogen and oxygen atoms in total. The van der Waals surface area contributed by atoms with E-state index >= 15 is 0 Å². The van der Waals surface area contributed by atoms with Crippen LogP contribution in [0.5, 0.6) is 5.75 Å². The van der Waals surface area contributed by atoms with Crippen molar-refractivity contribution < 1.29 is 13.9 Å². The van der Waals surface area contributed by atoms with Crippen molar-refractivity contribution >= 4 is 5.91 Å². The maximum absolute atomic E-state index is 13.4. The summed E-state index contributed by atoms with van der Waals surface area (Å²) in [6.45, 7) is 0. The summed E-state index contributed by atoms with van der Waals surface area (Å²) in [7, 11) is 1.47. The minimum atomic E-state index is -0.546. The van der Waals surface area contributed by atoms with Crippen molar-refractivity contribution in [2.75, 3.05) is 7.05 Å². The van der Waals surface area contributed by atoms with Gasteiger partial charge in [-0.3, -0.25) is 4.79 Å². The normalized spacial score (nSPS) is 14.8. The predicted molar refractivity (Wildman–Crippen MR) is 51.2 cm³/mol. The van der Waals surface area contributed by atoms with E-state index in [0.717, 1.165) is 12.8 Å². The van der Waals surface area contributed by atoms with E-state index < -0.39 is 11.7 Å². The highest BCUT2D eigenvalue weighted by molar-refractivity contribution is 5.94. The van der Waals surface area contributed by atoms with E-state index in [1.54, 1.807) is 0 Å². The molecule has 5 heteroatoms. The third kappa shape index (κ3) is 2.06.